The maximum Gasteiger partial charge on any atom is 0.336 e. The molecule has 3 heterocycles. The van der Waals surface area contributed by atoms with Crippen molar-refractivity contribution in [2.45, 2.75) is 6.92 Å². The van der Waals surface area contributed by atoms with Gasteiger partial charge in [-0.2, -0.15) is 0 Å². The van der Waals surface area contributed by atoms with Gasteiger partial charge in [0, 0.05) is 10.4 Å². The molecule has 6 nitrogen and oxygen atoms in total. The number of aryl methyl sites for hydroxylation is 1. The molecule has 5 rings (SSSR count). The first kappa shape index (κ1) is 17.4. The second kappa shape index (κ2) is 6.72. The van der Waals surface area contributed by atoms with E-state index in [9.17, 15) is 9.90 Å². The van der Waals surface area contributed by atoms with Crippen molar-refractivity contribution in [2.75, 3.05) is 5.32 Å². The minimum atomic E-state index is -0.948. The highest BCUT2D eigenvalue weighted by atomic mass is 32.1. The minimum Gasteiger partial charge on any atom is -0.478 e. The fourth-order valence-corrected chi connectivity index (χ4v) is 4.35. The van der Waals surface area contributed by atoms with Crippen molar-refractivity contribution in [3.63, 3.8) is 0 Å². The SMILES string of the molecule is Cc1ccc(Nc2ccc3ncc(-c4cc5ccccc5s4)n3n2)cc1C(=O)O. The van der Waals surface area contributed by atoms with Crippen LogP contribution in [0.5, 0.6) is 0 Å². The van der Waals surface area contributed by atoms with Crippen LogP contribution in [0.15, 0.2) is 66.9 Å². The molecule has 0 radical (unpaired) electrons. The first-order valence-electron chi connectivity index (χ1n) is 9.03. The molecule has 0 aliphatic rings. The number of fused-ring (bicyclic) bond motifs is 2. The van der Waals surface area contributed by atoms with Crippen LogP contribution in [0, 0.1) is 6.92 Å². The van der Waals surface area contributed by atoms with E-state index >= 15 is 0 Å². The average molecular weight is 400 g/mol. The molecule has 29 heavy (non-hydrogen) atoms. The molecule has 5 aromatic rings. The number of rotatable bonds is 4. The van der Waals surface area contributed by atoms with E-state index in [1.54, 1.807) is 34.9 Å². The topological polar surface area (TPSA) is 79.5 Å². The Morgan fingerprint density at radius 1 is 1.10 bits per heavy atom. The maximum absolute atomic E-state index is 11.4. The van der Waals surface area contributed by atoms with E-state index in [1.807, 2.05) is 36.5 Å². The Morgan fingerprint density at radius 2 is 1.97 bits per heavy atom. The molecule has 2 N–H and O–H groups in total. The Hall–Kier alpha value is -3.71. The van der Waals surface area contributed by atoms with E-state index in [-0.39, 0.29) is 5.56 Å². The number of thiophene rings is 1. The summed E-state index contributed by atoms with van der Waals surface area (Å²) in [4.78, 5) is 16.9. The van der Waals surface area contributed by atoms with Crippen molar-refractivity contribution in [1.29, 1.82) is 0 Å². The zero-order valence-corrected chi connectivity index (χ0v) is 16.3. The van der Waals surface area contributed by atoms with Crippen molar-refractivity contribution in [2.24, 2.45) is 0 Å². The van der Waals surface area contributed by atoms with Gasteiger partial charge in [-0.05, 0) is 54.3 Å². The summed E-state index contributed by atoms with van der Waals surface area (Å²) < 4.78 is 3.02. The minimum absolute atomic E-state index is 0.268. The van der Waals surface area contributed by atoms with E-state index < -0.39 is 5.97 Å². The van der Waals surface area contributed by atoms with Crippen LogP contribution >= 0.6 is 11.3 Å². The maximum atomic E-state index is 11.4. The summed E-state index contributed by atoms with van der Waals surface area (Å²) in [6.45, 7) is 1.78. The third kappa shape index (κ3) is 3.11. The molecule has 0 unspecified atom stereocenters. The highest BCUT2D eigenvalue weighted by Gasteiger charge is 2.12. The number of hydrogen-bond acceptors (Lipinski definition) is 5. The molecule has 0 saturated heterocycles. The number of anilines is 2. The van der Waals surface area contributed by atoms with Crippen LogP contribution in [-0.2, 0) is 0 Å². The predicted octanol–water partition coefficient (Wildman–Crippen LogP) is 5.36. The summed E-state index contributed by atoms with van der Waals surface area (Å²) in [5, 5.41) is 18.4. The van der Waals surface area contributed by atoms with E-state index in [2.05, 4.69) is 33.6 Å². The fourth-order valence-electron chi connectivity index (χ4n) is 3.29. The van der Waals surface area contributed by atoms with Gasteiger partial charge in [-0.15, -0.1) is 16.4 Å². The van der Waals surface area contributed by atoms with Gasteiger partial charge in [0.25, 0.3) is 0 Å². The van der Waals surface area contributed by atoms with Crippen LogP contribution in [0.2, 0.25) is 0 Å². The number of nitrogens with zero attached hydrogens (tertiary/aromatic N) is 3. The van der Waals surface area contributed by atoms with Gasteiger partial charge in [0.15, 0.2) is 11.5 Å². The van der Waals surface area contributed by atoms with Crippen LogP contribution in [0.4, 0.5) is 11.5 Å². The van der Waals surface area contributed by atoms with Gasteiger partial charge in [0.2, 0.25) is 0 Å². The monoisotopic (exact) mass is 400 g/mol. The summed E-state index contributed by atoms with van der Waals surface area (Å²) in [6.07, 6.45) is 1.82. The third-order valence-corrected chi connectivity index (χ3v) is 5.92. The van der Waals surface area contributed by atoms with E-state index in [1.165, 1.54) is 10.1 Å². The Kier molecular flexibility index (Phi) is 4.03. The van der Waals surface area contributed by atoms with Gasteiger partial charge in [0.05, 0.1) is 16.6 Å². The number of hydrogen-bond donors (Lipinski definition) is 2. The van der Waals surface area contributed by atoms with E-state index in [0.29, 0.717) is 17.1 Å². The first-order chi connectivity index (χ1) is 14.1. The lowest BCUT2D eigenvalue weighted by molar-refractivity contribution is 0.0696. The zero-order valence-electron chi connectivity index (χ0n) is 15.5. The normalized spacial score (nSPS) is 11.2. The number of aromatic nitrogens is 3. The van der Waals surface area contributed by atoms with Gasteiger partial charge < -0.3 is 10.4 Å². The lowest BCUT2D eigenvalue weighted by Gasteiger charge is -2.09. The second-order valence-electron chi connectivity index (χ2n) is 6.74. The largest absolute Gasteiger partial charge is 0.478 e. The van der Waals surface area contributed by atoms with Gasteiger partial charge in [-0.25, -0.2) is 14.3 Å². The molecule has 7 heteroatoms. The lowest BCUT2D eigenvalue weighted by Crippen LogP contribution is -2.03. The van der Waals surface area contributed by atoms with Gasteiger partial charge in [0.1, 0.15) is 5.69 Å². The molecule has 0 bridgehead atoms. The number of imidazole rings is 1. The molecule has 0 spiro atoms. The fraction of sp³-hybridized carbons (Fsp3) is 0.0455. The first-order valence-corrected chi connectivity index (χ1v) is 9.85. The second-order valence-corrected chi connectivity index (χ2v) is 7.82. The number of benzene rings is 2. The van der Waals surface area contributed by atoms with Crippen molar-refractivity contribution < 1.29 is 9.90 Å². The van der Waals surface area contributed by atoms with Crippen LogP contribution in [0.1, 0.15) is 15.9 Å². The van der Waals surface area contributed by atoms with Crippen molar-refractivity contribution in [3.8, 4) is 10.6 Å². The Labute approximate surface area is 170 Å². The number of carboxylic acid groups (broad SMARTS) is 1. The predicted molar refractivity (Wildman–Crippen MR) is 115 cm³/mol. The van der Waals surface area contributed by atoms with E-state index in [0.717, 1.165) is 16.2 Å². The van der Waals surface area contributed by atoms with E-state index in [4.69, 9.17) is 0 Å². The molecule has 142 valence electrons. The third-order valence-electron chi connectivity index (χ3n) is 4.78. The molecule has 0 aliphatic carbocycles. The van der Waals surface area contributed by atoms with Crippen LogP contribution in [0.25, 0.3) is 26.3 Å². The van der Waals surface area contributed by atoms with Gasteiger partial charge in [-0.3, -0.25) is 0 Å². The standard InChI is InChI=1S/C22H16N4O2S/c1-13-6-7-15(11-16(13)22(27)28)24-20-8-9-21-23-12-17(26(21)25-20)19-10-14-4-2-3-5-18(14)29-19/h2-12H,1H3,(H,24,25)(H,27,28). The Bertz CT molecular complexity index is 1350. The number of nitrogens with one attached hydrogen (secondary N) is 1. The molecular formula is C22H16N4O2S. The smallest absolute Gasteiger partial charge is 0.336 e. The molecule has 0 atom stereocenters. The summed E-state index contributed by atoms with van der Waals surface area (Å²) >= 11 is 1.70. The summed E-state index contributed by atoms with van der Waals surface area (Å²) in [5.41, 5.74) is 3.32. The quantitative estimate of drug-likeness (QED) is 0.424. The number of carboxylic acids is 1. The van der Waals surface area contributed by atoms with Crippen LogP contribution in [-0.4, -0.2) is 25.7 Å². The highest BCUT2D eigenvalue weighted by molar-refractivity contribution is 7.22. The molecule has 0 aliphatic heterocycles. The van der Waals surface area contributed by atoms with Crippen molar-refractivity contribution in [3.05, 3.63) is 78.0 Å². The van der Waals surface area contributed by atoms with Crippen LogP contribution < -0.4 is 5.32 Å². The number of aromatic carboxylic acids is 1. The van der Waals surface area contributed by atoms with Crippen molar-refractivity contribution >= 4 is 44.5 Å². The Balaban J connectivity index is 1.54. The molecular weight excluding hydrogens is 384 g/mol. The van der Waals surface area contributed by atoms with Gasteiger partial charge in [-0.1, -0.05) is 24.3 Å². The van der Waals surface area contributed by atoms with Gasteiger partial charge >= 0.3 is 5.97 Å². The Morgan fingerprint density at radius 3 is 2.79 bits per heavy atom. The lowest BCUT2D eigenvalue weighted by atomic mass is 10.1. The molecule has 0 fully saturated rings. The number of carbonyl (C=O) groups is 1. The van der Waals surface area contributed by atoms with Crippen LogP contribution in [0.3, 0.4) is 0 Å². The summed E-state index contributed by atoms with van der Waals surface area (Å²) in [5.74, 6) is -0.339. The molecule has 0 saturated carbocycles. The molecule has 3 aromatic heterocycles. The summed E-state index contributed by atoms with van der Waals surface area (Å²) in [7, 11) is 0. The highest BCUT2D eigenvalue weighted by Crippen LogP contribution is 2.33. The summed E-state index contributed by atoms with van der Waals surface area (Å²) in [6, 6.07) is 19.4. The van der Waals surface area contributed by atoms with Crippen molar-refractivity contribution in [1.82, 2.24) is 14.6 Å². The molecule has 0 amide bonds. The average Bonchev–Trinajstić information content (AvgIpc) is 3.32. The zero-order chi connectivity index (χ0) is 20.0. The molecule has 2 aromatic carbocycles.